The third-order valence-corrected chi connectivity index (χ3v) is 18.0. The predicted octanol–water partition coefficient (Wildman–Crippen LogP) is 7.26. The second kappa shape index (κ2) is 37.0. The van der Waals surface area contributed by atoms with Crippen molar-refractivity contribution in [2.75, 3.05) is 75.2 Å². The molecule has 1 fully saturated rings. The number of aliphatic carboxylic acids is 1. The molecule has 1 saturated heterocycles. The van der Waals surface area contributed by atoms with Crippen LogP contribution in [0.3, 0.4) is 0 Å². The summed E-state index contributed by atoms with van der Waals surface area (Å²) in [4.78, 5) is 127. The van der Waals surface area contributed by atoms with E-state index < -0.39 is 104 Å². The Hall–Kier alpha value is -7.64. The van der Waals surface area contributed by atoms with E-state index in [4.69, 9.17) is 29.0 Å². The number of rotatable bonds is 36. The number of carbonyl (C=O) groups excluding carboxylic acids is 7. The third kappa shape index (κ3) is 22.6. The lowest BCUT2D eigenvalue weighted by atomic mass is 9.89. The van der Waals surface area contributed by atoms with Crippen molar-refractivity contribution >= 4 is 55.4 Å². The van der Waals surface area contributed by atoms with Crippen molar-refractivity contribution in [3.05, 3.63) is 112 Å². The number of azide groups is 1. The van der Waals surface area contributed by atoms with Gasteiger partial charge in [-0.3, -0.25) is 33.4 Å². The van der Waals surface area contributed by atoms with E-state index in [0.29, 0.717) is 43.5 Å². The molecule has 0 aromatic heterocycles. The molecule has 4 rings (SSSR count). The fourth-order valence-corrected chi connectivity index (χ4v) is 11.7. The van der Waals surface area contributed by atoms with Crippen molar-refractivity contribution in [1.82, 2.24) is 40.2 Å². The molecule has 27 nitrogen and oxygen atoms in total. The Morgan fingerprint density at radius 1 is 0.802 bits per heavy atom. The number of benzene rings is 3. The van der Waals surface area contributed by atoms with Gasteiger partial charge in [-0.1, -0.05) is 115 Å². The first-order valence-corrected chi connectivity index (χ1v) is 32.1. The molecule has 7 amide bonds. The van der Waals surface area contributed by atoms with Crippen molar-refractivity contribution in [1.29, 1.82) is 0 Å². The minimum Gasteiger partial charge on any atom is -0.480 e. The molecule has 0 spiro atoms. The number of likely N-dealkylation sites (N-methyl/N-ethyl adjacent to an activating group) is 4. The Kier molecular flexibility index (Phi) is 30.8. The van der Waals surface area contributed by atoms with Crippen LogP contribution in [0.25, 0.3) is 10.4 Å². The van der Waals surface area contributed by atoms with Gasteiger partial charge in [0.25, 0.3) is 5.91 Å². The summed E-state index contributed by atoms with van der Waals surface area (Å²) in [6.07, 6.45) is -0.674. The van der Waals surface area contributed by atoms with Crippen molar-refractivity contribution in [2.45, 2.75) is 143 Å². The number of nitrogens with zero attached hydrogens (tertiary/aromatic N) is 8. The minimum atomic E-state index is -4.50. The van der Waals surface area contributed by atoms with Gasteiger partial charge < -0.3 is 59.6 Å². The summed E-state index contributed by atoms with van der Waals surface area (Å²) >= 11 is 0. The van der Waals surface area contributed by atoms with Crippen molar-refractivity contribution < 1.29 is 76.4 Å². The number of carboxylic acids is 1. The van der Waals surface area contributed by atoms with Gasteiger partial charge in [0.05, 0.1) is 49.8 Å². The molecule has 91 heavy (non-hydrogen) atoms. The maximum absolute atomic E-state index is 14.7. The monoisotopic (exact) mass is 1290 g/mol. The summed E-state index contributed by atoms with van der Waals surface area (Å²) in [5.41, 5.74) is 10.9. The third-order valence-electron chi connectivity index (χ3n) is 16.4. The average Bonchev–Trinajstić information content (AvgIpc) is 2.01. The first kappa shape index (κ1) is 75.8. The van der Waals surface area contributed by atoms with E-state index in [2.05, 4.69) is 26.0 Å². The topological polar surface area (TPSA) is 341 Å². The van der Waals surface area contributed by atoms with Crippen molar-refractivity contribution in [3.63, 3.8) is 0 Å². The zero-order valence-corrected chi connectivity index (χ0v) is 55.6. The number of carboxylic acid groups (broad SMARTS) is 1. The van der Waals surface area contributed by atoms with E-state index in [0.717, 1.165) is 21.6 Å². The molecule has 1 aliphatic heterocycles. The highest BCUT2D eigenvalue weighted by Gasteiger charge is 2.44. The molecule has 0 saturated carbocycles. The normalized spacial score (nSPS) is 16.4. The largest absolute Gasteiger partial charge is 0.480 e. The van der Waals surface area contributed by atoms with Crippen LogP contribution in [0.15, 0.2) is 84.0 Å². The predicted molar refractivity (Wildman–Crippen MR) is 339 cm³/mol. The van der Waals surface area contributed by atoms with Gasteiger partial charge in [-0.15, -0.1) is 0 Å². The van der Waals surface area contributed by atoms with Crippen LogP contribution in [0.1, 0.15) is 108 Å². The molecule has 5 N–H and O–H groups in total. The summed E-state index contributed by atoms with van der Waals surface area (Å²) in [5.74, 6) is -4.87. The van der Waals surface area contributed by atoms with Crippen LogP contribution in [0.4, 0.5) is 9.59 Å². The molecule has 1 unspecified atom stereocenters. The maximum atomic E-state index is 14.7. The summed E-state index contributed by atoms with van der Waals surface area (Å²) in [7, 11) is 4.31. The lowest BCUT2D eigenvalue weighted by Gasteiger charge is -2.41. The zero-order chi connectivity index (χ0) is 67.7. The Labute approximate surface area is 534 Å². The number of hydrogen-bond donors (Lipinski definition) is 5. The Morgan fingerprint density at radius 2 is 1.45 bits per heavy atom. The smallest absolute Gasteiger partial charge is 0.415 e. The highest BCUT2D eigenvalue weighted by molar-refractivity contribution is 7.50. The van der Waals surface area contributed by atoms with Crippen molar-refractivity contribution in [2.24, 2.45) is 28.8 Å². The standard InChI is InChI=1S/C63H94N11O16P/c1-14-42(6)55(51(86-12)37-52(75)74-33-18-21-50(74)56(87-13)43(7)57(76)65-32-30-44-19-16-15-17-20-44)72(10)60(79)53(40(2)3)68-59(78)54(41(4)5)73(11)63(83)88-39-46-24-28-48(29-25-46)90-62(82)70(8)34-35-71(9)91(84,85)89-36-31-49(61(80)81)67-58(77)47-26-22-45(23-27-47)38-66-69-64/h15-17,19-20,22-29,40-43,49-51,53-56H,14,18,21,30-39H2,1-13H3,(H,65,76)(H,67,77)(H,68,78)(H,80,81)(H,84,85)/t42-,43+,49-,50-,51+,53-,54-,55-,56+/m0/s1. The average molecular weight is 1290 g/mol. The number of nitrogens with one attached hydrogen (secondary N) is 3. The molecule has 502 valence electrons. The molecule has 28 heteroatoms. The molecule has 3 aromatic carbocycles. The Bertz CT molecular complexity index is 2970. The second-order valence-corrected chi connectivity index (χ2v) is 25.5. The Morgan fingerprint density at radius 3 is 2.03 bits per heavy atom. The van der Waals surface area contributed by atoms with E-state index in [-0.39, 0.29) is 74.2 Å². The first-order valence-electron chi connectivity index (χ1n) is 30.6. The number of carbonyl (C=O) groups is 8. The highest BCUT2D eigenvalue weighted by atomic mass is 31.2. The second-order valence-electron chi connectivity index (χ2n) is 23.6. The maximum Gasteiger partial charge on any atom is 0.415 e. The van der Waals surface area contributed by atoms with Gasteiger partial charge in [-0.05, 0) is 90.6 Å². The van der Waals surface area contributed by atoms with E-state index >= 15 is 0 Å². The van der Waals surface area contributed by atoms with Gasteiger partial charge in [0.15, 0.2) is 0 Å². The first-order chi connectivity index (χ1) is 43.1. The van der Waals surface area contributed by atoms with Gasteiger partial charge in [-0.2, -0.15) is 0 Å². The van der Waals surface area contributed by atoms with E-state index in [9.17, 15) is 52.9 Å². The molecule has 3 aromatic rings. The van der Waals surface area contributed by atoms with Gasteiger partial charge in [-0.25, -0.2) is 23.6 Å². The van der Waals surface area contributed by atoms with Crippen LogP contribution in [-0.4, -0.2) is 200 Å². The summed E-state index contributed by atoms with van der Waals surface area (Å²) in [6.45, 7) is 12.9. The summed E-state index contributed by atoms with van der Waals surface area (Å²) in [5, 5.41) is 21.4. The molecular weight excluding hydrogens is 1200 g/mol. The lowest BCUT2D eigenvalue weighted by Crippen LogP contribution is -2.60. The summed E-state index contributed by atoms with van der Waals surface area (Å²) < 4.78 is 42.3. The van der Waals surface area contributed by atoms with Gasteiger partial charge in [0, 0.05) is 78.4 Å². The number of methoxy groups -OCH3 is 2. The fourth-order valence-electron chi connectivity index (χ4n) is 10.8. The molecule has 0 bridgehead atoms. The van der Waals surface area contributed by atoms with E-state index in [1.54, 1.807) is 75.9 Å². The zero-order valence-electron chi connectivity index (χ0n) is 54.7. The SMILES string of the molecule is CC[C@H](C)[C@@H]([C@@H](CC(=O)N1CCC[C@H]1[C@H](OC)[C@@H](C)C(=O)NCCc1ccccc1)OC)N(C)C(=O)[C@@H](NC(=O)[C@H](C(C)C)N(C)C(=O)OCc1ccc(OC(=O)N(C)CCN(C)P(=O)(O)OCC[C@H](NC(=O)c2ccc(CN=[N+]=[N-])cc2)C(=O)O)cc1)C(C)C. The van der Waals surface area contributed by atoms with Crippen LogP contribution >= 0.6 is 7.75 Å². The van der Waals surface area contributed by atoms with Crippen LogP contribution in [-0.2, 0) is 66.8 Å². The molecule has 1 aliphatic rings. The van der Waals surface area contributed by atoms with Crippen LogP contribution < -0.4 is 20.7 Å². The molecule has 0 aliphatic carbocycles. The fraction of sp³-hybridized carbons (Fsp3) is 0.587. The number of amides is 7. The van der Waals surface area contributed by atoms with E-state index in [1.165, 1.54) is 57.4 Å². The molecule has 1 heterocycles. The number of ether oxygens (including phenoxy) is 4. The quantitative estimate of drug-likeness (QED) is 0.0165. The molecular formula is C63H94N11O16P. The Balaban J connectivity index is 1.29. The van der Waals surface area contributed by atoms with Gasteiger partial charge in [0.1, 0.15) is 30.5 Å². The van der Waals surface area contributed by atoms with Crippen LogP contribution in [0.5, 0.6) is 5.75 Å². The highest BCUT2D eigenvalue weighted by Crippen LogP contribution is 2.45. The van der Waals surface area contributed by atoms with Crippen LogP contribution in [0, 0.1) is 23.7 Å². The minimum absolute atomic E-state index is 0.0556. The van der Waals surface area contributed by atoms with Gasteiger partial charge >= 0.3 is 25.9 Å². The number of hydrogen-bond acceptors (Lipinski definition) is 15. The summed E-state index contributed by atoms with van der Waals surface area (Å²) in [6, 6.07) is 17.4. The molecule has 0 radical (unpaired) electrons. The van der Waals surface area contributed by atoms with E-state index in [1.807, 2.05) is 51.1 Å². The number of likely N-dealkylation sites (tertiary alicyclic amines) is 1. The van der Waals surface area contributed by atoms with Crippen molar-refractivity contribution in [3.8, 4) is 5.75 Å². The van der Waals surface area contributed by atoms with Crippen LogP contribution in [0.2, 0.25) is 0 Å². The lowest BCUT2D eigenvalue weighted by molar-refractivity contribution is -0.148. The van der Waals surface area contributed by atoms with Gasteiger partial charge in [0.2, 0.25) is 23.6 Å². The molecule has 10 atom stereocenters.